The first-order chi connectivity index (χ1) is 9.45. The monoisotopic (exact) mass is 400 g/mol. The van der Waals surface area contributed by atoms with Gasteiger partial charge in [-0.25, -0.2) is 9.98 Å². The van der Waals surface area contributed by atoms with E-state index >= 15 is 0 Å². The third-order valence-electron chi connectivity index (χ3n) is 2.72. The van der Waals surface area contributed by atoms with E-state index in [2.05, 4.69) is 36.1 Å². The molecule has 0 aliphatic heterocycles. The fraction of sp³-hybridized carbons (Fsp3) is 0.333. The van der Waals surface area contributed by atoms with Crippen LogP contribution < -0.4 is 11.1 Å². The summed E-state index contributed by atoms with van der Waals surface area (Å²) in [5.74, 6) is 1.75. The van der Waals surface area contributed by atoms with Gasteiger partial charge in [0, 0.05) is 11.1 Å². The second-order valence-corrected chi connectivity index (χ2v) is 5.56. The summed E-state index contributed by atoms with van der Waals surface area (Å²) < 4.78 is 5.65. The molecule has 0 bridgehead atoms. The maximum Gasteiger partial charge on any atom is 0.216 e. The van der Waals surface area contributed by atoms with Gasteiger partial charge >= 0.3 is 0 Å². The Morgan fingerprint density at radius 3 is 2.52 bits per heavy atom. The van der Waals surface area contributed by atoms with Crippen LogP contribution in [0.5, 0.6) is 0 Å². The van der Waals surface area contributed by atoms with Crippen molar-refractivity contribution in [1.82, 2.24) is 4.98 Å². The molecule has 0 saturated carbocycles. The van der Waals surface area contributed by atoms with Gasteiger partial charge in [0.25, 0.3) is 0 Å². The number of oxazole rings is 1. The predicted octanol–water partition coefficient (Wildman–Crippen LogP) is 3.52. The van der Waals surface area contributed by atoms with Crippen LogP contribution in [-0.4, -0.2) is 10.9 Å². The SMILES string of the molecule is CC(C)(C)c1cnc(CN=C(N)Nc2ccccc2)o1.I. The highest BCUT2D eigenvalue weighted by atomic mass is 127. The normalized spacial score (nSPS) is 11.9. The zero-order valence-electron chi connectivity index (χ0n) is 12.5. The second kappa shape index (κ2) is 7.44. The number of rotatable bonds is 3. The molecule has 1 aromatic heterocycles. The Labute approximate surface area is 142 Å². The number of aromatic nitrogens is 1. The van der Waals surface area contributed by atoms with Crippen molar-refractivity contribution in [3.8, 4) is 0 Å². The van der Waals surface area contributed by atoms with Gasteiger partial charge in [-0.05, 0) is 12.1 Å². The molecular formula is C15H21IN4O. The number of para-hydroxylation sites is 1. The molecule has 0 aliphatic carbocycles. The van der Waals surface area contributed by atoms with Gasteiger partial charge in [-0.15, -0.1) is 24.0 Å². The topological polar surface area (TPSA) is 76.4 Å². The predicted molar refractivity (Wildman–Crippen MR) is 96.0 cm³/mol. The Bertz CT molecular complexity index is 587. The first kappa shape index (κ1) is 17.5. The van der Waals surface area contributed by atoms with Crippen LogP contribution in [0.15, 0.2) is 45.9 Å². The number of hydrogen-bond donors (Lipinski definition) is 2. The largest absolute Gasteiger partial charge is 0.443 e. The number of anilines is 1. The Hall–Kier alpha value is -1.57. The number of aliphatic imine (C=N–C) groups is 1. The molecule has 3 N–H and O–H groups in total. The van der Waals surface area contributed by atoms with Gasteiger partial charge in [0.1, 0.15) is 12.3 Å². The number of nitrogens with one attached hydrogen (secondary N) is 1. The van der Waals surface area contributed by atoms with Crippen LogP contribution in [0.4, 0.5) is 5.69 Å². The molecule has 1 aromatic carbocycles. The zero-order valence-corrected chi connectivity index (χ0v) is 14.8. The summed E-state index contributed by atoms with van der Waals surface area (Å²) in [6, 6.07) is 9.65. The first-order valence-electron chi connectivity index (χ1n) is 6.52. The lowest BCUT2D eigenvalue weighted by Gasteiger charge is -2.12. The van der Waals surface area contributed by atoms with Crippen LogP contribution in [0, 0.1) is 0 Å². The summed E-state index contributed by atoms with van der Waals surface area (Å²) in [6.45, 7) is 6.55. The Morgan fingerprint density at radius 2 is 1.95 bits per heavy atom. The highest BCUT2D eigenvalue weighted by molar-refractivity contribution is 14.0. The Morgan fingerprint density at radius 1 is 1.29 bits per heavy atom. The van der Waals surface area contributed by atoms with Crippen LogP contribution in [0.3, 0.4) is 0 Å². The molecule has 5 nitrogen and oxygen atoms in total. The molecule has 6 heteroatoms. The lowest BCUT2D eigenvalue weighted by molar-refractivity contribution is 0.383. The second-order valence-electron chi connectivity index (χ2n) is 5.56. The van der Waals surface area contributed by atoms with Gasteiger partial charge in [0.2, 0.25) is 5.89 Å². The van der Waals surface area contributed by atoms with Crippen molar-refractivity contribution in [3.05, 3.63) is 48.2 Å². The quantitative estimate of drug-likeness (QED) is 0.470. The van der Waals surface area contributed by atoms with E-state index in [1.807, 2.05) is 30.3 Å². The molecule has 0 aliphatic rings. The van der Waals surface area contributed by atoms with Crippen molar-refractivity contribution < 1.29 is 4.42 Å². The van der Waals surface area contributed by atoms with Gasteiger partial charge < -0.3 is 15.5 Å². The van der Waals surface area contributed by atoms with E-state index in [0.717, 1.165) is 11.4 Å². The Balaban J connectivity index is 0.00000220. The minimum atomic E-state index is -0.0528. The van der Waals surface area contributed by atoms with Crippen molar-refractivity contribution >= 4 is 35.6 Å². The molecule has 21 heavy (non-hydrogen) atoms. The maximum atomic E-state index is 5.82. The van der Waals surface area contributed by atoms with Crippen molar-refractivity contribution in [1.29, 1.82) is 0 Å². The fourth-order valence-corrected chi connectivity index (χ4v) is 1.59. The molecule has 0 saturated heterocycles. The van der Waals surface area contributed by atoms with Gasteiger partial charge in [0.15, 0.2) is 5.96 Å². The molecule has 0 fully saturated rings. The van der Waals surface area contributed by atoms with Crippen LogP contribution in [0.2, 0.25) is 0 Å². The van der Waals surface area contributed by atoms with Crippen molar-refractivity contribution in [3.63, 3.8) is 0 Å². The molecule has 2 aromatic rings. The first-order valence-corrected chi connectivity index (χ1v) is 6.52. The third kappa shape index (κ3) is 5.37. The minimum Gasteiger partial charge on any atom is -0.443 e. The smallest absolute Gasteiger partial charge is 0.216 e. The highest BCUT2D eigenvalue weighted by Gasteiger charge is 2.18. The summed E-state index contributed by atoms with van der Waals surface area (Å²) >= 11 is 0. The van der Waals surface area contributed by atoms with Crippen molar-refractivity contribution in [2.75, 3.05) is 5.32 Å². The summed E-state index contributed by atoms with van der Waals surface area (Å²) in [5, 5.41) is 3.01. The van der Waals surface area contributed by atoms with Crippen LogP contribution in [0.1, 0.15) is 32.4 Å². The zero-order chi connectivity index (χ0) is 14.6. The average molecular weight is 400 g/mol. The minimum absolute atomic E-state index is 0. The van der Waals surface area contributed by atoms with E-state index < -0.39 is 0 Å². The summed E-state index contributed by atoms with van der Waals surface area (Å²) in [5.41, 5.74) is 6.66. The van der Waals surface area contributed by atoms with E-state index in [4.69, 9.17) is 10.2 Å². The fourth-order valence-electron chi connectivity index (χ4n) is 1.59. The van der Waals surface area contributed by atoms with Crippen molar-refractivity contribution in [2.45, 2.75) is 32.7 Å². The number of nitrogens with two attached hydrogens (primary N) is 1. The molecule has 0 spiro atoms. The molecule has 1 heterocycles. The summed E-state index contributed by atoms with van der Waals surface area (Å²) in [7, 11) is 0. The molecule has 2 rings (SSSR count). The lowest BCUT2D eigenvalue weighted by atomic mass is 9.94. The number of nitrogens with zero attached hydrogens (tertiary/aromatic N) is 2. The molecular weight excluding hydrogens is 379 g/mol. The third-order valence-corrected chi connectivity index (χ3v) is 2.72. The van der Waals surface area contributed by atoms with Crippen LogP contribution in [0.25, 0.3) is 0 Å². The van der Waals surface area contributed by atoms with E-state index in [1.54, 1.807) is 6.20 Å². The Kier molecular flexibility index (Phi) is 6.19. The van der Waals surface area contributed by atoms with Gasteiger partial charge in [-0.3, -0.25) is 0 Å². The van der Waals surface area contributed by atoms with Crippen molar-refractivity contribution in [2.24, 2.45) is 10.7 Å². The van der Waals surface area contributed by atoms with E-state index in [0.29, 0.717) is 18.4 Å². The highest BCUT2D eigenvalue weighted by Crippen LogP contribution is 2.22. The molecule has 114 valence electrons. The van der Waals surface area contributed by atoms with E-state index in [1.165, 1.54) is 0 Å². The molecule has 0 atom stereocenters. The maximum absolute atomic E-state index is 5.82. The molecule has 0 radical (unpaired) electrons. The van der Waals surface area contributed by atoms with E-state index in [9.17, 15) is 0 Å². The van der Waals surface area contributed by atoms with Gasteiger partial charge in [0.05, 0.1) is 6.20 Å². The average Bonchev–Trinajstić information content (AvgIpc) is 2.86. The summed E-state index contributed by atoms with van der Waals surface area (Å²) in [6.07, 6.45) is 1.74. The number of halogens is 1. The van der Waals surface area contributed by atoms with Crippen LogP contribution in [-0.2, 0) is 12.0 Å². The number of benzene rings is 1. The molecule has 0 unspecified atom stereocenters. The van der Waals surface area contributed by atoms with Gasteiger partial charge in [-0.1, -0.05) is 39.0 Å². The number of guanidine groups is 1. The summed E-state index contributed by atoms with van der Waals surface area (Å²) in [4.78, 5) is 8.42. The standard InChI is InChI=1S/C15H20N4O.HI/c1-15(2,3)12-9-17-13(20-12)10-18-14(16)19-11-7-5-4-6-8-11;/h4-9H,10H2,1-3H3,(H3,16,18,19);1H. The van der Waals surface area contributed by atoms with E-state index in [-0.39, 0.29) is 29.4 Å². The van der Waals surface area contributed by atoms with Crippen LogP contribution >= 0.6 is 24.0 Å². The van der Waals surface area contributed by atoms with Gasteiger partial charge in [-0.2, -0.15) is 0 Å². The lowest BCUT2D eigenvalue weighted by Crippen LogP contribution is -2.22. The molecule has 0 amide bonds. The number of hydrogen-bond acceptors (Lipinski definition) is 3.